The zero-order valence-corrected chi connectivity index (χ0v) is 24.0. The number of aliphatic hydroxyl groups is 1. The first-order chi connectivity index (χ1) is 19.6. The normalized spacial score (nSPS) is 15.4. The van der Waals surface area contributed by atoms with Gasteiger partial charge in [0.1, 0.15) is 0 Å². The molecule has 0 aromatic heterocycles. The molecule has 1 aliphatic rings. The Hall–Kier alpha value is -3.85. The molecule has 0 bridgehead atoms. The molecule has 3 aromatic rings. The molecule has 4 N–H and O–H groups in total. The maximum Gasteiger partial charge on any atom is 0.334 e. The van der Waals surface area contributed by atoms with Crippen LogP contribution >= 0.6 is 23.2 Å². The van der Waals surface area contributed by atoms with Gasteiger partial charge in [-0.05, 0) is 84.3 Å². The smallest absolute Gasteiger partial charge is 0.334 e. The van der Waals surface area contributed by atoms with Gasteiger partial charge in [0.05, 0.1) is 13.1 Å². The molecule has 8 nitrogen and oxygen atoms in total. The Labute approximate surface area is 248 Å². The predicted molar refractivity (Wildman–Crippen MR) is 162 cm³/mol. The van der Waals surface area contributed by atoms with Crippen molar-refractivity contribution in [3.05, 3.63) is 99.5 Å². The van der Waals surface area contributed by atoms with E-state index >= 15 is 0 Å². The van der Waals surface area contributed by atoms with Gasteiger partial charge in [-0.25, -0.2) is 9.59 Å². The van der Waals surface area contributed by atoms with Crippen LogP contribution in [-0.4, -0.2) is 40.8 Å². The van der Waals surface area contributed by atoms with E-state index in [4.69, 9.17) is 28.3 Å². The molecular weight excluding hydrogens is 565 g/mol. The molecule has 0 radical (unpaired) electrons. The lowest BCUT2D eigenvalue weighted by Gasteiger charge is -2.25. The molecule has 0 fully saturated rings. The zero-order valence-electron chi connectivity index (χ0n) is 22.4. The number of urea groups is 1. The number of halogens is 2. The third-order valence-corrected chi connectivity index (χ3v) is 7.34. The first-order valence-corrected chi connectivity index (χ1v) is 14.0. The van der Waals surface area contributed by atoms with E-state index in [1.807, 2.05) is 24.3 Å². The maximum atomic E-state index is 13.5. The van der Waals surface area contributed by atoms with E-state index in [0.29, 0.717) is 27.3 Å². The van der Waals surface area contributed by atoms with Crippen LogP contribution in [0.15, 0.2) is 72.8 Å². The summed E-state index contributed by atoms with van der Waals surface area (Å²) in [6.45, 7) is 2.01. The number of allylic oxidation sites excluding steroid dienone is 2. The van der Waals surface area contributed by atoms with Crippen molar-refractivity contribution < 1.29 is 24.6 Å². The van der Waals surface area contributed by atoms with Crippen molar-refractivity contribution in [2.75, 3.05) is 16.8 Å². The van der Waals surface area contributed by atoms with E-state index in [-0.39, 0.29) is 12.1 Å². The van der Waals surface area contributed by atoms with Gasteiger partial charge in [-0.3, -0.25) is 9.69 Å². The number of carbonyl (C=O) groups is 3. The topological polar surface area (TPSA) is 119 Å². The highest BCUT2D eigenvalue weighted by molar-refractivity contribution is 6.35. The molecule has 3 amide bonds. The van der Waals surface area contributed by atoms with Crippen molar-refractivity contribution in [2.45, 2.75) is 38.8 Å². The number of carbonyl (C=O) groups excluding carboxylic acids is 2. The molecule has 0 saturated heterocycles. The number of carboxylic acid groups (broad SMARTS) is 1. The lowest BCUT2D eigenvalue weighted by Crippen LogP contribution is -2.36. The monoisotopic (exact) mass is 595 g/mol. The van der Waals surface area contributed by atoms with Crippen molar-refractivity contribution in [3.63, 3.8) is 0 Å². The Morgan fingerprint density at radius 3 is 2.27 bits per heavy atom. The molecule has 1 unspecified atom stereocenters. The molecule has 0 aliphatic heterocycles. The molecule has 0 saturated carbocycles. The van der Waals surface area contributed by atoms with Gasteiger partial charge in [-0.2, -0.15) is 0 Å². The average Bonchev–Trinajstić information content (AvgIpc) is 2.94. The van der Waals surface area contributed by atoms with Crippen LogP contribution in [0.25, 0.3) is 5.57 Å². The number of anilines is 2. The average molecular weight is 597 g/mol. The number of rotatable bonds is 9. The van der Waals surface area contributed by atoms with Crippen LogP contribution in [0.5, 0.6) is 0 Å². The number of hydrogen-bond acceptors (Lipinski definition) is 4. The molecule has 10 heteroatoms. The second-order valence-corrected chi connectivity index (χ2v) is 10.8. The third-order valence-electron chi connectivity index (χ3n) is 6.91. The van der Waals surface area contributed by atoms with E-state index in [0.717, 1.165) is 24.0 Å². The first kappa shape index (κ1) is 30.1. The van der Waals surface area contributed by atoms with Gasteiger partial charge in [0, 0.05) is 27.0 Å². The van der Waals surface area contributed by atoms with Crippen molar-refractivity contribution in [3.8, 4) is 0 Å². The molecular formula is C31H31Cl2N3O5. The Balaban J connectivity index is 1.55. The van der Waals surface area contributed by atoms with E-state index < -0.39 is 30.6 Å². The number of nitrogens with one attached hydrogen (secondary N) is 2. The number of amides is 3. The molecule has 0 heterocycles. The van der Waals surface area contributed by atoms with Crippen LogP contribution in [0.1, 0.15) is 47.7 Å². The minimum absolute atomic E-state index is 0.193. The minimum Gasteiger partial charge on any atom is -0.479 e. The fourth-order valence-corrected chi connectivity index (χ4v) is 5.22. The largest absolute Gasteiger partial charge is 0.479 e. The quantitative estimate of drug-likeness (QED) is 0.222. The summed E-state index contributed by atoms with van der Waals surface area (Å²) < 4.78 is 0. The lowest BCUT2D eigenvalue weighted by molar-refractivity contribution is -0.146. The predicted octanol–water partition coefficient (Wildman–Crippen LogP) is 6.61. The van der Waals surface area contributed by atoms with Gasteiger partial charge in [-0.15, -0.1) is 0 Å². The summed E-state index contributed by atoms with van der Waals surface area (Å²) in [5.41, 5.74) is 4.61. The lowest BCUT2D eigenvalue weighted by atomic mass is 9.85. The molecule has 2 atom stereocenters. The van der Waals surface area contributed by atoms with Crippen LogP contribution in [0, 0.1) is 5.92 Å². The zero-order chi connectivity index (χ0) is 29.5. The van der Waals surface area contributed by atoms with Gasteiger partial charge >= 0.3 is 12.0 Å². The first-order valence-electron chi connectivity index (χ1n) is 13.2. The van der Waals surface area contributed by atoms with E-state index in [2.05, 4.69) is 23.6 Å². The van der Waals surface area contributed by atoms with Gasteiger partial charge in [-0.1, -0.05) is 60.5 Å². The van der Waals surface area contributed by atoms with E-state index in [9.17, 15) is 19.5 Å². The third kappa shape index (κ3) is 8.10. The fraction of sp³-hybridized carbons (Fsp3) is 0.258. The molecule has 41 heavy (non-hydrogen) atoms. The second kappa shape index (κ2) is 13.7. The molecule has 0 spiro atoms. The number of aliphatic hydroxyl groups excluding tert-OH is 1. The van der Waals surface area contributed by atoms with Crippen LogP contribution < -0.4 is 15.5 Å². The summed E-state index contributed by atoms with van der Waals surface area (Å²) in [4.78, 5) is 38.3. The number of aliphatic carboxylic acids is 1. The van der Waals surface area contributed by atoms with Crippen LogP contribution in [0.3, 0.4) is 0 Å². The SMILES string of the molecule is CC1CCCC=C1c1ccc(N(Cc2ccc(C(=O)NC[C@@H](O)C(=O)O)cc2)C(=O)Nc2cc(Cl)cc(Cl)c2)cc1. The highest BCUT2D eigenvalue weighted by Crippen LogP contribution is 2.33. The Morgan fingerprint density at radius 1 is 1.00 bits per heavy atom. The highest BCUT2D eigenvalue weighted by Gasteiger charge is 2.20. The van der Waals surface area contributed by atoms with Gasteiger partial charge in [0.25, 0.3) is 5.91 Å². The summed E-state index contributed by atoms with van der Waals surface area (Å²) in [6, 6.07) is 18.9. The van der Waals surface area contributed by atoms with Crippen LogP contribution in [0.4, 0.5) is 16.2 Å². The number of carboxylic acids is 1. The van der Waals surface area contributed by atoms with E-state index in [1.54, 1.807) is 47.4 Å². The highest BCUT2D eigenvalue weighted by atomic mass is 35.5. The van der Waals surface area contributed by atoms with Crippen LogP contribution in [0.2, 0.25) is 10.0 Å². The Morgan fingerprint density at radius 2 is 1.66 bits per heavy atom. The molecule has 4 rings (SSSR count). The van der Waals surface area contributed by atoms with Crippen molar-refractivity contribution >= 4 is 58.1 Å². The second-order valence-electron chi connectivity index (χ2n) is 9.97. The number of nitrogens with zero attached hydrogens (tertiary/aromatic N) is 1. The van der Waals surface area contributed by atoms with Crippen LogP contribution in [-0.2, 0) is 11.3 Å². The molecule has 3 aromatic carbocycles. The van der Waals surface area contributed by atoms with Crippen molar-refractivity contribution in [1.82, 2.24) is 5.32 Å². The Kier molecular flexibility index (Phi) is 10.0. The summed E-state index contributed by atoms with van der Waals surface area (Å²) >= 11 is 12.3. The summed E-state index contributed by atoms with van der Waals surface area (Å²) in [6.07, 6.45) is 4.00. The summed E-state index contributed by atoms with van der Waals surface area (Å²) in [7, 11) is 0. The van der Waals surface area contributed by atoms with Crippen molar-refractivity contribution in [2.24, 2.45) is 5.92 Å². The summed E-state index contributed by atoms with van der Waals surface area (Å²) in [5.74, 6) is -1.46. The van der Waals surface area contributed by atoms with Crippen molar-refractivity contribution in [1.29, 1.82) is 0 Å². The van der Waals surface area contributed by atoms with Gasteiger partial charge in [0.15, 0.2) is 6.10 Å². The minimum atomic E-state index is -1.69. The molecule has 1 aliphatic carbocycles. The Bertz CT molecular complexity index is 1420. The van der Waals surface area contributed by atoms with Gasteiger partial charge < -0.3 is 20.8 Å². The number of hydrogen-bond donors (Lipinski definition) is 4. The van der Waals surface area contributed by atoms with E-state index in [1.165, 1.54) is 12.0 Å². The molecule has 214 valence electrons. The summed E-state index contributed by atoms with van der Waals surface area (Å²) in [5, 5.41) is 24.2. The number of benzene rings is 3. The standard InChI is InChI=1S/C31H31Cl2N3O5/c1-19-4-2-3-5-27(19)21-10-12-26(13-11-21)36(31(41)35-25-15-23(32)14-24(33)16-25)18-20-6-8-22(9-7-20)29(38)34-17-28(37)30(39)40/h5-16,19,28,37H,2-4,17-18H2,1H3,(H,34,38)(H,35,41)(H,39,40)/t19?,28-/m1/s1. The van der Waals surface area contributed by atoms with Gasteiger partial charge in [0.2, 0.25) is 0 Å². The fourth-order valence-electron chi connectivity index (χ4n) is 4.69. The maximum absolute atomic E-state index is 13.5.